The van der Waals surface area contributed by atoms with Gasteiger partial charge in [-0.15, -0.1) is 0 Å². The predicted molar refractivity (Wildman–Crippen MR) is 175 cm³/mol. The topological polar surface area (TPSA) is 129 Å². The highest BCUT2D eigenvalue weighted by atomic mass is 16.6. The van der Waals surface area contributed by atoms with E-state index in [0.717, 1.165) is 56.2 Å². The first kappa shape index (κ1) is 33.4. The molecule has 1 saturated carbocycles. The summed E-state index contributed by atoms with van der Waals surface area (Å²) in [5.74, 6) is 0.768. The number of aryl methyl sites for hydroxylation is 1. The van der Waals surface area contributed by atoms with Crippen LogP contribution in [-0.2, 0) is 25.5 Å². The highest BCUT2D eigenvalue weighted by Gasteiger charge is 2.52. The summed E-state index contributed by atoms with van der Waals surface area (Å²) in [7, 11) is 1.62. The van der Waals surface area contributed by atoms with Crippen molar-refractivity contribution in [3.8, 4) is 11.6 Å². The normalized spacial score (nSPS) is 30.3. The quantitative estimate of drug-likeness (QED) is 0.462. The maximum absolute atomic E-state index is 14.7. The molecule has 1 aromatic carbocycles. The summed E-state index contributed by atoms with van der Waals surface area (Å²) in [6.07, 6.45) is 8.13. The Hall–Kier alpha value is -3.47. The summed E-state index contributed by atoms with van der Waals surface area (Å²) in [5.41, 5.74) is 1.64. The SMILES string of the molecule is CC[C@@H]1[C@@H]2CN(C(=O)[C@H](C3(C)CCOCC3)NC(=O)O[C@@H]3CCC[C@H]3CCCCCc3nc4ccc(OC)cc4nc3O2)[C@@H]1C(C)=O. The van der Waals surface area contributed by atoms with E-state index >= 15 is 0 Å². The maximum atomic E-state index is 14.7. The Labute approximate surface area is 277 Å². The Bertz CT molecular complexity index is 1460. The molecular weight excluding hydrogens is 600 g/mol. The van der Waals surface area contributed by atoms with Gasteiger partial charge in [-0.2, -0.15) is 0 Å². The molecular formula is C36H50N4O7. The Kier molecular flexibility index (Phi) is 10.2. The largest absolute Gasteiger partial charge is 0.497 e. The molecule has 4 aliphatic rings. The number of carbonyl (C=O) groups excluding carboxylic acids is 3. The first-order chi connectivity index (χ1) is 22.7. The molecule has 6 rings (SSSR count). The molecule has 2 saturated heterocycles. The molecule has 1 N–H and O–H groups in total. The van der Waals surface area contributed by atoms with Gasteiger partial charge in [0.05, 0.1) is 30.7 Å². The van der Waals surface area contributed by atoms with Crippen LogP contribution in [0.2, 0.25) is 0 Å². The molecule has 2 bridgehead atoms. The third-order valence-corrected chi connectivity index (χ3v) is 11.1. The number of rotatable bonds is 4. The number of fused-ring (bicyclic) bond motifs is 5. The zero-order valence-corrected chi connectivity index (χ0v) is 28.3. The molecule has 11 nitrogen and oxygen atoms in total. The van der Waals surface area contributed by atoms with Gasteiger partial charge in [-0.25, -0.2) is 14.8 Å². The second kappa shape index (κ2) is 14.3. The van der Waals surface area contributed by atoms with Crippen LogP contribution in [0.1, 0.15) is 90.7 Å². The number of benzene rings is 1. The molecule has 1 aliphatic carbocycles. The van der Waals surface area contributed by atoms with Gasteiger partial charge in [-0.3, -0.25) is 9.59 Å². The molecule has 0 radical (unpaired) electrons. The van der Waals surface area contributed by atoms with Crippen LogP contribution in [0.5, 0.6) is 11.6 Å². The molecule has 47 heavy (non-hydrogen) atoms. The van der Waals surface area contributed by atoms with E-state index in [1.807, 2.05) is 32.0 Å². The maximum Gasteiger partial charge on any atom is 0.408 e. The number of ether oxygens (including phenoxy) is 4. The van der Waals surface area contributed by atoms with E-state index in [9.17, 15) is 14.4 Å². The van der Waals surface area contributed by atoms with E-state index < -0.39 is 29.7 Å². The number of ketones is 1. The fourth-order valence-electron chi connectivity index (χ4n) is 8.30. The summed E-state index contributed by atoms with van der Waals surface area (Å²) in [6.45, 7) is 6.77. The van der Waals surface area contributed by atoms with E-state index in [1.54, 1.807) is 12.0 Å². The third kappa shape index (κ3) is 7.05. The van der Waals surface area contributed by atoms with Crippen molar-refractivity contribution in [1.82, 2.24) is 20.2 Å². The summed E-state index contributed by atoms with van der Waals surface area (Å²) < 4.78 is 23.9. The fraction of sp³-hybridized carbons (Fsp3) is 0.694. The molecule has 0 unspecified atom stereocenters. The highest BCUT2D eigenvalue weighted by molar-refractivity contribution is 5.92. The second-order valence-corrected chi connectivity index (χ2v) is 14.2. The van der Waals surface area contributed by atoms with Gasteiger partial charge in [0.25, 0.3) is 0 Å². The molecule has 1 aromatic heterocycles. The highest BCUT2D eigenvalue weighted by Crippen LogP contribution is 2.39. The molecule has 3 fully saturated rings. The number of nitrogens with zero attached hydrogens (tertiary/aromatic N) is 3. The third-order valence-electron chi connectivity index (χ3n) is 11.1. The van der Waals surface area contributed by atoms with Gasteiger partial charge in [0.2, 0.25) is 11.8 Å². The van der Waals surface area contributed by atoms with Gasteiger partial charge in [-0.1, -0.05) is 26.7 Å². The number of aromatic nitrogens is 2. The lowest BCUT2D eigenvalue weighted by Gasteiger charge is -2.42. The zero-order chi connectivity index (χ0) is 33.1. The number of hydrogen-bond acceptors (Lipinski definition) is 9. The van der Waals surface area contributed by atoms with E-state index in [-0.39, 0.29) is 30.3 Å². The summed E-state index contributed by atoms with van der Waals surface area (Å²) in [6, 6.07) is 4.07. The van der Waals surface area contributed by atoms with Crippen LogP contribution in [0.15, 0.2) is 18.2 Å². The summed E-state index contributed by atoms with van der Waals surface area (Å²) in [4.78, 5) is 53.2. The Balaban J connectivity index is 1.39. The van der Waals surface area contributed by atoms with Crippen molar-refractivity contribution < 1.29 is 33.3 Å². The molecule has 6 atom stereocenters. The zero-order valence-electron chi connectivity index (χ0n) is 28.3. The van der Waals surface area contributed by atoms with E-state index in [0.29, 0.717) is 62.0 Å². The fourth-order valence-corrected chi connectivity index (χ4v) is 8.30. The number of carbonyl (C=O) groups is 3. The van der Waals surface area contributed by atoms with Crippen LogP contribution in [-0.4, -0.2) is 83.8 Å². The Morgan fingerprint density at radius 2 is 1.81 bits per heavy atom. The van der Waals surface area contributed by atoms with Crippen molar-refractivity contribution in [2.45, 2.75) is 116 Å². The van der Waals surface area contributed by atoms with Crippen LogP contribution in [0.4, 0.5) is 4.79 Å². The van der Waals surface area contributed by atoms with Gasteiger partial charge in [0.1, 0.15) is 29.7 Å². The Morgan fingerprint density at radius 1 is 1.02 bits per heavy atom. The number of alkyl carbamates (subject to hydrolysis) is 1. The standard InChI is InChI=1S/C36H50N4O7/c1-5-25-30-21-40(31(25)22(2)41)34(42)32(36(3)16-18-45-19-17-36)39-35(43)47-29-13-9-11-23(29)10-7-6-8-12-27-33(46-30)38-28-20-24(44-4)14-15-26(28)37-27/h14-15,20,23,25,29-32H,5-13,16-19,21H2,1-4H3,(H,39,43)/t23-,25-,29-,30+,31-,32-/m1/s1. The molecule has 4 heterocycles. The number of hydrogen-bond donors (Lipinski definition) is 1. The van der Waals surface area contributed by atoms with Crippen molar-refractivity contribution in [3.05, 3.63) is 23.9 Å². The van der Waals surface area contributed by atoms with Gasteiger partial charge < -0.3 is 29.2 Å². The lowest BCUT2D eigenvalue weighted by Crippen LogP contribution is -2.59. The lowest BCUT2D eigenvalue weighted by atomic mass is 9.75. The molecule has 11 heteroatoms. The summed E-state index contributed by atoms with van der Waals surface area (Å²) in [5, 5.41) is 3.02. The molecule has 3 aliphatic heterocycles. The van der Waals surface area contributed by atoms with Crippen LogP contribution >= 0.6 is 0 Å². The smallest absolute Gasteiger partial charge is 0.408 e. The van der Waals surface area contributed by atoms with Gasteiger partial charge in [0.15, 0.2) is 5.78 Å². The molecule has 2 amide bonds. The van der Waals surface area contributed by atoms with Crippen molar-refractivity contribution >= 4 is 28.8 Å². The number of amides is 2. The average Bonchev–Trinajstić information content (AvgIpc) is 3.66. The van der Waals surface area contributed by atoms with Crippen LogP contribution in [0.3, 0.4) is 0 Å². The monoisotopic (exact) mass is 650 g/mol. The van der Waals surface area contributed by atoms with E-state index in [2.05, 4.69) is 5.32 Å². The minimum absolute atomic E-state index is 0.107. The van der Waals surface area contributed by atoms with Crippen LogP contribution in [0.25, 0.3) is 11.0 Å². The van der Waals surface area contributed by atoms with Gasteiger partial charge in [0, 0.05) is 30.6 Å². The lowest BCUT2D eigenvalue weighted by molar-refractivity contribution is -0.143. The first-order valence-corrected chi connectivity index (χ1v) is 17.6. The average molecular weight is 651 g/mol. The van der Waals surface area contributed by atoms with Crippen molar-refractivity contribution in [3.63, 3.8) is 0 Å². The molecule has 0 spiro atoms. The minimum atomic E-state index is -0.876. The minimum Gasteiger partial charge on any atom is -0.497 e. The van der Waals surface area contributed by atoms with Crippen molar-refractivity contribution in [2.24, 2.45) is 17.3 Å². The predicted octanol–water partition coefficient (Wildman–Crippen LogP) is 5.41. The van der Waals surface area contributed by atoms with Crippen LogP contribution < -0.4 is 14.8 Å². The number of nitrogens with one attached hydrogen (secondary N) is 1. The van der Waals surface area contributed by atoms with Crippen molar-refractivity contribution in [2.75, 3.05) is 26.9 Å². The van der Waals surface area contributed by atoms with Gasteiger partial charge >= 0.3 is 6.09 Å². The number of methoxy groups -OCH3 is 1. The van der Waals surface area contributed by atoms with Crippen LogP contribution in [0, 0.1) is 17.3 Å². The molecule has 256 valence electrons. The van der Waals surface area contributed by atoms with E-state index in [4.69, 9.17) is 28.9 Å². The van der Waals surface area contributed by atoms with E-state index in [1.165, 1.54) is 6.92 Å². The summed E-state index contributed by atoms with van der Waals surface area (Å²) >= 11 is 0. The second-order valence-electron chi connectivity index (χ2n) is 14.2. The Morgan fingerprint density at radius 3 is 2.55 bits per heavy atom. The molecule has 2 aromatic rings. The number of Topliss-reactive ketones (excluding diaryl/α,β-unsaturated/α-hetero) is 1. The first-order valence-electron chi connectivity index (χ1n) is 17.6. The van der Waals surface area contributed by atoms with Crippen molar-refractivity contribution in [1.29, 1.82) is 0 Å². The van der Waals surface area contributed by atoms with Gasteiger partial charge in [-0.05, 0) is 82.8 Å².